The first kappa shape index (κ1) is 13.4. The molecule has 0 aliphatic heterocycles. The van der Waals surface area contributed by atoms with Gasteiger partial charge in [-0.15, -0.1) is 0 Å². The number of nitrogens with two attached hydrogens (primary N) is 1. The highest BCUT2D eigenvalue weighted by Gasteiger charge is 2.11. The Kier molecular flexibility index (Phi) is 4.82. The fourth-order valence-electron chi connectivity index (χ4n) is 1.33. The van der Waals surface area contributed by atoms with E-state index in [1.165, 1.54) is 0 Å². The quantitative estimate of drug-likeness (QED) is 0.826. The van der Waals surface area contributed by atoms with Gasteiger partial charge in [-0.1, -0.05) is 6.92 Å². The third-order valence-corrected chi connectivity index (χ3v) is 2.43. The Morgan fingerprint density at radius 1 is 1.35 bits per heavy atom. The summed E-state index contributed by atoms with van der Waals surface area (Å²) < 4.78 is 11.1. The monoisotopic (exact) mass is 237 g/mol. The van der Waals surface area contributed by atoms with Gasteiger partial charge in [0, 0.05) is 5.56 Å². The molecule has 17 heavy (non-hydrogen) atoms. The van der Waals surface area contributed by atoms with Crippen LogP contribution in [0.1, 0.15) is 37.6 Å². The molecule has 0 fully saturated rings. The highest BCUT2D eigenvalue weighted by atomic mass is 16.5. The minimum absolute atomic E-state index is 0.105. The number of rotatable bonds is 6. The molecule has 2 N–H and O–H groups in total. The molecule has 0 radical (unpaired) electrons. The first-order valence-corrected chi connectivity index (χ1v) is 5.81. The first-order valence-electron chi connectivity index (χ1n) is 5.81. The van der Waals surface area contributed by atoms with Gasteiger partial charge in [0.05, 0.1) is 12.7 Å². The highest BCUT2D eigenvalue weighted by molar-refractivity contribution is 5.93. The van der Waals surface area contributed by atoms with E-state index in [-0.39, 0.29) is 6.10 Å². The van der Waals surface area contributed by atoms with Crippen LogP contribution in [0.3, 0.4) is 0 Å². The summed E-state index contributed by atoms with van der Waals surface area (Å²) in [5.41, 5.74) is 5.64. The van der Waals surface area contributed by atoms with Gasteiger partial charge in [0.2, 0.25) is 5.91 Å². The lowest BCUT2D eigenvalue weighted by Gasteiger charge is -2.16. The lowest BCUT2D eigenvalue weighted by atomic mass is 10.2. The van der Waals surface area contributed by atoms with Gasteiger partial charge < -0.3 is 15.2 Å². The van der Waals surface area contributed by atoms with Gasteiger partial charge in [-0.3, -0.25) is 4.79 Å². The molecule has 1 rings (SSSR count). The maximum atomic E-state index is 11.1. The lowest BCUT2D eigenvalue weighted by molar-refractivity contribution is 0.0999. The van der Waals surface area contributed by atoms with Crippen LogP contribution in [0.15, 0.2) is 18.2 Å². The van der Waals surface area contributed by atoms with E-state index in [4.69, 9.17) is 15.2 Å². The van der Waals surface area contributed by atoms with Gasteiger partial charge in [-0.25, -0.2) is 0 Å². The van der Waals surface area contributed by atoms with Gasteiger partial charge in [0.25, 0.3) is 0 Å². The Hall–Kier alpha value is -1.71. The summed E-state index contributed by atoms with van der Waals surface area (Å²) in [5, 5.41) is 0. The molecule has 1 atom stereocenters. The van der Waals surface area contributed by atoms with Crippen molar-refractivity contribution in [2.24, 2.45) is 5.73 Å². The Morgan fingerprint density at radius 3 is 2.59 bits per heavy atom. The van der Waals surface area contributed by atoms with Crippen molar-refractivity contribution in [3.8, 4) is 11.5 Å². The van der Waals surface area contributed by atoms with Crippen molar-refractivity contribution in [3.63, 3.8) is 0 Å². The van der Waals surface area contributed by atoms with E-state index in [1.54, 1.807) is 18.2 Å². The van der Waals surface area contributed by atoms with Crippen LogP contribution in [0.2, 0.25) is 0 Å². The van der Waals surface area contributed by atoms with Gasteiger partial charge >= 0.3 is 0 Å². The predicted octanol–water partition coefficient (Wildman–Crippen LogP) is 2.36. The second-order valence-corrected chi connectivity index (χ2v) is 3.80. The zero-order chi connectivity index (χ0) is 12.8. The Labute approximate surface area is 102 Å². The van der Waals surface area contributed by atoms with Crippen LogP contribution in [-0.4, -0.2) is 18.6 Å². The second-order valence-electron chi connectivity index (χ2n) is 3.80. The smallest absolute Gasteiger partial charge is 0.248 e. The highest BCUT2D eigenvalue weighted by Crippen LogP contribution is 2.29. The molecule has 0 aliphatic rings. The van der Waals surface area contributed by atoms with Crippen LogP contribution in [0.5, 0.6) is 11.5 Å². The van der Waals surface area contributed by atoms with E-state index in [0.717, 1.165) is 6.42 Å². The normalized spacial score (nSPS) is 11.9. The van der Waals surface area contributed by atoms with Gasteiger partial charge in [0.1, 0.15) is 0 Å². The standard InChI is InChI=1S/C13H19NO3/c1-4-9(3)17-11-7-6-10(13(14)15)8-12(11)16-5-2/h6-9H,4-5H2,1-3H3,(H2,14,15)/t9-/m1/s1. The fraction of sp³-hybridized carbons (Fsp3) is 0.462. The van der Waals surface area contributed by atoms with Gasteiger partial charge in [-0.05, 0) is 38.5 Å². The molecular weight excluding hydrogens is 218 g/mol. The molecule has 94 valence electrons. The van der Waals surface area contributed by atoms with Crippen LogP contribution in [0.25, 0.3) is 0 Å². The first-order chi connectivity index (χ1) is 8.08. The molecule has 0 aromatic heterocycles. The van der Waals surface area contributed by atoms with Crippen molar-refractivity contribution in [1.29, 1.82) is 0 Å². The van der Waals surface area contributed by atoms with Crippen molar-refractivity contribution < 1.29 is 14.3 Å². The van der Waals surface area contributed by atoms with Crippen LogP contribution in [-0.2, 0) is 0 Å². The Bertz CT molecular complexity index is 390. The zero-order valence-electron chi connectivity index (χ0n) is 10.5. The second kappa shape index (κ2) is 6.13. The van der Waals surface area contributed by atoms with Crippen LogP contribution >= 0.6 is 0 Å². The van der Waals surface area contributed by atoms with Gasteiger partial charge in [0.15, 0.2) is 11.5 Å². The average Bonchev–Trinajstić information content (AvgIpc) is 2.31. The topological polar surface area (TPSA) is 61.5 Å². The number of benzene rings is 1. The number of amides is 1. The predicted molar refractivity (Wildman–Crippen MR) is 66.5 cm³/mol. The number of hydrogen-bond acceptors (Lipinski definition) is 3. The van der Waals surface area contributed by atoms with Crippen LogP contribution in [0, 0.1) is 0 Å². The minimum Gasteiger partial charge on any atom is -0.490 e. The molecule has 1 aromatic carbocycles. The molecule has 0 spiro atoms. The SMILES string of the molecule is CCOc1cc(C(N)=O)ccc1O[C@H](C)CC. The molecule has 0 unspecified atom stereocenters. The third-order valence-electron chi connectivity index (χ3n) is 2.43. The van der Waals surface area contributed by atoms with E-state index < -0.39 is 5.91 Å². The number of carbonyl (C=O) groups is 1. The van der Waals surface area contributed by atoms with Crippen LogP contribution in [0.4, 0.5) is 0 Å². The molecule has 0 heterocycles. The zero-order valence-corrected chi connectivity index (χ0v) is 10.5. The molecule has 4 heteroatoms. The van der Waals surface area contributed by atoms with Crippen LogP contribution < -0.4 is 15.2 Å². The third kappa shape index (κ3) is 3.66. The summed E-state index contributed by atoms with van der Waals surface area (Å²) in [6.07, 6.45) is 1.01. The molecule has 4 nitrogen and oxygen atoms in total. The van der Waals surface area contributed by atoms with E-state index in [0.29, 0.717) is 23.7 Å². The molecule has 0 bridgehead atoms. The van der Waals surface area contributed by atoms with Crippen molar-refractivity contribution in [1.82, 2.24) is 0 Å². The fourth-order valence-corrected chi connectivity index (χ4v) is 1.33. The van der Waals surface area contributed by atoms with E-state index in [1.807, 2.05) is 20.8 Å². The molecule has 0 aliphatic carbocycles. The summed E-state index contributed by atoms with van der Waals surface area (Å²) >= 11 is 0. The Balaban J connectivity index is 2.99. The molecule has 1 amide bonds. The number of carbonyl (C=O) groups excluding carboxylic acids is 1. The minimum atomic E-state index is -0.471. The summed E-state index contributed by atoms with van der Waals surface area (Å²) in [6, 6.07) is 4.98. The number of primary amides is 1. The summed E-state index contributed by atoms with van der Waals surface area (Å²) in [6.45, 7) is 6.42. The largest absolute Gasteiger partial charge is 0.490 e. The maximum absolute atomic E-state index is 11.1. The molecular formula is C13H19NO3. The van der Waals surface area contributed by atoms with Crippen molar-refractivity contribution >= 4 is 5.91 Å². The summed E-state index contributed by atoms with van der Waals surface area (Å²) in [5.74, 6) is 0.733. The van der Waals surface area contributed by atoms with Gasteiger partial charge in [-0.2, -0.15) is 0 Å². The number of ether oxygens (including phenoxy) is 2. The van der Waals surface area contributed by atoms with Crippen molar-refractivity contribution in [2.75, 3.05) is 6.61 Å². The molecule has 1 aromatic rings. The average molecular weight is 237 g/mol. The summed E-state index contributed by atoms with van der Waals surface area (Å²) in [4.78, 5) is 11.1. The van der Waals surface area contributed by atoms with Crippen molar-refractivity contribution in [3.05, 3.63) is 23.8 Å². The molecule has 0 saturated heterocycles. The number of hydrogen-bond donors (Lipinski definition) is 1. The van der Waals surface area contributed by atoms with Crippen molar-refractivity contribution in [2.45, 2.75) is 33.3 Å². The van der Waals surface area contributed by atoms with E-state index in [9.17, 15) is 4.79 Å². The Morgan fingerprint density at radius 2 is 2.06 bits per heavy atom. The van der Waals surface area contributed by atoms with E-state index in [2.05, 4.69) is 0 Å². The lowest BCUT2D eigenvalue weighted by Crippen LogP contribution is -2.13. The van der Waals surface area contributed by atoms with E-state index >= 15 is 0 Å². The summed E-state index contributed by atoms with van der Waals surface area (Å²) in [7, 11) is 0. The maximum Gasteiger partial charge on any atom is 0.248 e. The molecule has 0 saturated carbocycles.